The van der Waals surface area contributed by atoms with Crippen LogP contribution in [-0.2, 0) is 4.79 Å². The van der Waals surface area contributed by atoms with Gasteiger partial charge in [-0.2, -0.15) is 0 Å². The third-order valence-electron chi connectivity index (χ3n) is 4.74. The monoisotopic (exact) mass is 403 g/mol. The van der Waals surface area contributed by atoms with E-state index in [1.54, 1.807) is 13.8 Å². The first-order chi connectivity index (χ1) is 13.0. The number of hydrogen-bond donors (Lipinski definition) is 2. The standard InChI is InChI=1S/C16H33Cl.C7H13NO2/c1-2-3-4-5-6-7-8-9-10-11-12-13-14-15-16-17;1-5(2)6(3-4-8)7(9)10/h2-16H2,1H3;3-4,8H2,1-2H3,(H,9,10). The predicted molar refractivity (Wildman–Crippen MR) is 121 cm³/mol. The van der Waals surface area contributed by atoms with Crippen LogP contribution in [-0.4, -0.2) is 23.5 Å². The van der Waals surface area contributed by atoms with Crippen LogP contribution in [0.1, 0.15) is 117 Å². The van der Waals surface area contributed by atoms with E-state index in [0.717, 1.165) is 11.5 Å². The Balaban J connectivity index is 0. The molecule has 0 amide bonds. The maximum atomic E-state index is 10.4. The lowest BCUT2D eigenvalue weighted by Crippen LogP contribution is -2.08. The zero-order valence-corrected chi connectivity index (χ0v) is 19.1. The van der Waals surface area contributed by atoms with Gasteiger partial charge in [-0.1, -0.05) is 96.0 Å². The second-order valence-electron chi connectivity index (χ2n) is 7.61. The Morgan fingerprint density at radius 1 is 0.778 bits per heavy atom. The van der Waals surface area contributed by atoms with Crippen molar-refractivity contribution in [1.29, 1.82) is 0 Å². The molecule has 4 heteroatoms. The molecule has 0 fully saturated rings. The first kappa shape index (κ1) is 28.7. The van der Waals surface area contributed by atoms with E-state index in [-0.39, 0.29) is 0 Å². The van der Waals surface area contributed by atoms with Crippen LogP contribution in [0.2, 0.25) is 0 Å². The molecule has 0 heterocycles. The van der Waals surface area contributed by atoms with E-state index >= 15 is 0 Å². The third-order valence-corrected chi connectivity index (χ3v) is 5.01. The minimum Gasteiger partial charge on any atom is -0.478 e. The Kier molecular flexibility index (Phi) is 25.0. The first-order valence-corrected chi connectivity index (χ1v) is 11.7. The first-order valence-electron chi connectivity index (χ1n) is 11.2. The largest absolute Gasteiger partial charge is 0.478 e. The summed E-state index contributed by atoms with van der Waals surface area (Å²) >= 11 is 5.64. The molecular formula is C23H46ClNO2. The quantitative estimate of drug-likeness (QED) is 0.150. The lowest BCUT2D eigenvalue weighted by molar-refractivity contribution is -0.132. The molecule has 0 aromatic heterocycles. The molecule has 0 saturated carbocycles. The highest BCUT2D eigenvalue weighted by atomic mass is 35.5. The van der Waals surface area contributed by atoms with E-state index in [0.29, 0.717) is 18.5 Å². The summed E-state index contributed by atoms with van der Waals surface area (Å²) in [7, 11) is 0. The smallest absolute Gasteiger partial charge is 0.331 e. The molecule has 0 aromatic rings. The van der Waals surface area contributed by atoms with Gasteiger partial charge in [0.25, 0.3) is 0 Å². The summed E-state index contributed by atoms with van der Waals surface area (Å²) in [6.45, 7) is 6.23. The van der Waals surface area contributed by atoms with E-state index in [2.05, 4.69) is 6.92 Å². The highest BCUT2D eigenvalue weighted by Crippen LogP contribution is 2.13. The van der Waals surface area contributed by atoms with Gasteiger partial charge in [-0.05, 0) is 33.2 Å². The zero-order valence-electron chi connectivity index (χ0n) is 18.3. The van der Waals surface area contributed by atoms with Crippen molar-refractivity contribution in [3.63, 3.8) is 0 Å². The fourth-order valence-electron chi connectivity index (χ4n) is 3.00. The summed E-state index contributed by atoms with van der Waals surface area (Å²) in [5.41, 5.74) is 6.47. The minimum absolute atomic E-state index is 0.396. The summed E-state index contributed by atoms with van der Waals surface area (Å²) in [5, 5.41) is 8.56. The Morgan fingerprint density at radius 2 is 1.15 bits per heavy atom. The number of carbonyl (C=O) groups is 1. The van der Waals surface area contributed by atoms with Crippen molar-refractivity contribution >= 4 is 17.6 Å². The van der Waals surface area contributed by atoms with Crippen LogP contribution in [0.25, 0.3) is 0 Å². The summed E-state index contributed by atoms with van der Waals surface area (Å²) < 4.78 is 0. The molecule has 0 radical (unpaired) electrons. The number of carboxylic acid groups (broad SMARTS) is 1. The van der Waals surface area contributed by atoms with Gasteiger partial charge in [0.15, 0.2) is 0 Å². The van der Waals surface area contributed by atoms with Crippen molar-refractivity contribution < 1.29 is 9.90 Å². The number of carboxylic acids is 1. The van der Waals surface area contributed by atoms with Crippen LogP contribution in [0.3, 0.4) is 0 Å². The van der Waals surface area contributed by atoms with Crippen molar-refractivity contribution in [2.75, 3.05) is 12.4 Å². The highest BCUT2D eigenvalue weighted by Gasteiger charge is 2.06. The second kappa shape index (κ2) is 23.5. The average Bonchev–Trinajstić information content (AvgIpc) is 2.63. The number of allylic oxidation sites excluding steroid dienone is 1. The number of alkyl halides is 1. The molecule has 0 atom stereocenters. The van der Waals surface area contributed by atoms with E-state index in [4.69, 9.17) is 22.4 Å². The molecule has 3 nitrogen and oxygen atoms in total. The maximum absolute atomic E-state index is 10.4. The van der Waals surface area contributed by atoms with Crippen LogP contribution in [0.4, 0.5) is 0 Å². The minimum atomic E-state index is -0.856. The molecule has 0 aliphatic rings. The summed E-state index contributed by atoms with van der Waals surface area (Å²) in [4.78, 5) is 10.4. The molecule has 162 valence electrons. The van der Waals surface area contributed by atoms with Crippen molar-refractivity contribution in [3.05, 3.63) is 11.1 Å². The van der Waals surface area contributed by atoms with Crippen LogP contribution in [0.15, 0.2) is 11.1 Å². The number of nitrogens with two attached hydrogens (primary N) is 1. The lowest BCUT2D eigenvalue weighted by atomic mass is 10.0. The van der Waals surface area contributed by atoms with Gasteiger partial charge in [0.2, 0.25) is 0 Å². The molecule has 0 spiro atoms. The number of hydrogen-bond acceptors (Lipinski definition) is 2. The van der Waals surface area contributed by atoms with Crippen molar-refractivity contribution in [1.82, 2.24) is 0 Å². The molecule has 0 aromatic carbocycles. The van der Waals surface area contributed by atoms with E-state index in [9.17, 15) is 4.79 Å². The topological polar surface area (TPSA) is 63.3 Å². The van der Waals surface area contributed by atoms with Crippen LogP contribution in [0, 0.1) is 0 Å². The number of aliphatic carboxylic acids is 1. The van der Waals surface area contributed by atoms with Gasteiger partial charge >= 0.3 is 5.97 Å². The van der Waals surface area contributed by atoms with E-state index < -0.39 is 5.97 Å². The lowest BCUT2D eigenvalue weighted by Gasteiger charge is -2.02. The fraction of sp³-hybridized carbons (Fsp3) is 0.870. The normalized spacial score (nSPS) is 10.3. The predicted octanol–water partition coefficient (Wildman–Crippen LogP) is 7.46. The fourth-order valence-corrected chi connectivity index (χ4v) is 3.19. The van der Waals surface area contributed by atoms with Gasteiger partial charge in [0.1, 0.15) is 0 Å². The van der Waals surface area contributed by atoms with Gasteiger partial charge < -0.3 is 10.8 Å². The SMILES string of the molecule is CC(C)=C(CCN)C(=O)O.CCCCCCCCCCCCCCCCCl. The molecule has 27 heavy (non-hydrogen) atoms. The Hall–Kier alpha value is -0.540. The second-order valence-corrected chi connectivity index (χ2v) is 7.99. The molecule has 0 unspecified atom stereocenters. The van der Waals surface area contributed by atoms with E-state index in [1.807, 2.05) is 0 Å². The molecule has 3 N–H and O–H groups in total. The average molecular weight is 404 g/mol. The third kappa shape index (κ3) is 23.4. The molecule has 0 bridgehead atoms. The van der Waals surface area contributed by atoms with Gasteiger partial charge in [-0.15, -0.1) is 11.6 Å². The molecular weight excluding hydrogens is 358 g/mol. The van der Waals surface area contributed by atoms with Gasteiger partial charge in [0, 0.05) is 11.5 Å². The van der Waals surface area contributed by atoms with Crippen LogP contribution >= 0.6 is 11.6 Å². The summed E-state index contributed by atoms with van der Waals surface area (Å²) in [6, 6.07) is 0. The Morgan fingerprint density at radius 3 is 1.37 bits per heavy atom. The Labute approximate surface area is 174 Å². The van der Waals surface area contributed by atoms with Gasteiger partial charge in [-0.3, -0.25) is 0 Å². The summed E-state index contributed by atoms with van der Waals surface area (Å²) in [5.74, 6) is -0.0108. The van der Waals surface area contributed by atoms with Crippen LogP contribution in [0.5, 0.6) is 0 Å². The number of unbranched alkanes of at least 4 members (excludes halogenated alkanes) is 13. The molecule has 0 aliphatic carbocycles. The molecule has 0 rings (SSSR count). The molecule has 0 saturated heterocycles. The van der Waals surface area contributed by atoms with Gasteiger partial charge in [0.05, 0.1) is 0 Å². The van der Waals surface area contributed by atoms with Crippen molar-refractivity contribution in [3.8, 4) is 0 Å². The van der Waals surface area contributed by atoms with Crippen molar-refractivity contribution in [2.24, 2.45) is 5.73 Å². The van der Waals surface area contributed by atoms with Gasteiger partial charge in [-0.25, -0.2) is 4.79 Å². The number of rotatable bonds is 17. The number of halogens is 1. The van der Waals surface area contributed by atoms with Crippen LogP contribution < -0.4 is 5.73 Å². The van der Waals surface area contributed by atoms with Crippen molar-refractivity contribution in [2.45, 2.75) is 117 Å². The Bertz CT molecular complexity index is 338. The summed E-state index contributed by atoms with van der Waals surface area (Å²) in [6.07, 6.45) is 20.3. The zero-order chi connectivity index (χ0) is 20.8. The molecule has 0 aliphatic heterocycles. The maximum Gasteiger partial charge on any atom is 0.331 e. The van der Waals surface area contributed by atoms with E-state index in [1.165, 1.54) is 89.9 Å². The highest BCUT2D eigenvalue weighted by molar-refractivity contribution is 6.17.